The molecule has 3 rings (SSSR count). The maximum absolute atomic E-state index is 13.1. The van der Waals surface area contributed by atoms with Gasteiger partial charge in [-0.05, 0) is 49.1 Å². The Bertz CT molecular complexity index is 733. The van der Waals surface area contributed by atoms with Crippen molar-refractivity contribution < 1.29 is 9.13 Å². The van der Waals surface area contributed by atoms with Crippen LogP contribution < -0.4 is 10.5 Å². The fourth-order valence-corrected chi connectivity index (χ4v) is 2.59. The van der Waals surface area contributed by atoms with E-state index in [1.165, 1.54) is 12.1 Å². The molecule has 0 unspecified atom stereocenters. The largest absolute Gasteiger partial charge is 0.437 e. The van der Waals surface area contributed by atoms with Crippen molar-refractivity contribution in [3.8, 4) is 11.6 Å². The van der Waals surface area contributed by atoms with Crippen molar-refractivity contribution in [2.75, 3.05) is 0 Å². The van der Waals surface area contributed by atoms with Crippen LogP contribution in [0, 0.1) is 11.2 Å². The quantitative estimate of drug-likeness (QED) is 0.674. The highest BCUT2D eigenvalue weighted by molar-refractivity contribution is 6.32. The van der Waals surface area contributed by atoms with E-state index in [9.17, 15) is 4.39 Å². The molecule has 1 heterocycles. The first kappa shape index (κ1) is 13.8. The monoisotopic (exact) mass is 305 g/mol. The molecule has 0 fully saturated rings. The zero-order valence-corrected chi connectivity index (χ0v) is 11.9. The van der Waals surface area contributed by atoms with Crippen molar-refractivity contribution >= 4 is 17.4 Å². The lowest BCUT2D eigenvalue weighted by molar-refractivity contribution is 0.458. The van der Waals surface area contributed by atoms with Crippen LogP contribution in [0.1, 0.15) is 23.2 Å². The average Bonchev–Trinajstić information content (AvgIpc) is 2.88. The predicted molar refractivity (Wildman–Crippen MR) is 78.8 cm³/mol. The van der Waals surface area contributed by atoms with Crippen LogP contribution in [0.3, 0.4) is 0 Å². The molecular formula is C15H13ClFN3O. The van der Waals surface area contributed by atoms with Gasteiger partial charge in [0.2, 0.25) is 5.88 Å². The predicted octanol–water partition coefficient (Wildman–Crippen LogP) is 3.44. The first-order valence-electron chi connectivity index (χ1n) is 6.54. The van der Waals surface area contributed by atoms with E-state index in [0.29, 0.717) is 5.56 Å². The molecule has 6 heteroatoms. The number of nitrogens with zero attached hydrogens (tertiary/aromatic N) is 1. The summed E-state index contributed by atoms with van der Waals surface area (Å²) in [5, 5.41) is 7.80. The number of nitrogen functional groups attached to an aromatic ring is 1. The van der Waals surface area contributed by atoms with E-state index in [1.807, 2.05) is 6.07 Å². The molecule has 4 nitrogen and oxygen atoms in total. The van der Waals surface area contributed by atoms with Crippen LogP contribution in [-0.2, 0) is 12.8 Å². The molecule has 0 atom stereocenters. The summed E-state index contributed by atoms with van der Waals surface area (Å²) in [6.45, 7) is 0. The summed E-state index contributed by atoms with van der Waals surface area (Å²) in [5.74, 6) is -0.0471. The highest BCUT2D eigenvalue weighted by Crippen LogP contribution is 2.33. The third-order valence-corrected chi connectivity index (χ3v) is 3.70. The van der Waals surface area contributed by atoms with Crippen molar-refractivity contribution in [2.24, 2.45) is 5.73 Å². The van der Waals surface area contributed by atoms with Crippen molar-refractivity contribution in [3.05, 3.63) is 51.9 Å². The molecule has 0 amide bonds. The molecule has 0 radical (unpaired) electrons. The number of fused-ring (bicyclic) bond motifs is 1. The fourth-order valence-electron chi connectivity index (χ4n) is 2.39. The van der Waals surface area contributed by atoms with Crippen LogP contribution in [0.25, 0.3) is 0 Å². The van der Waals surface area contributed by atoms with Crippen LogP contribution in [-0.4, -0.2) is 10.8 Å². The summed E-state index contributed by atoms with van der Waals surface area (Å²) < 4.78 is 18.7. The van der Waals surface area contributed by atoms with Gasteiger partial charge in [-0.1, -0.05) is 11.6 Å². The molecule has 0 saturated heterocycles. The maximum Gasteiger partial charge on any atom is 0.230 e. The fraction of sp³-hybridized carbons (Fsp3) is 0.200. The first-order valence-corrected chi connectivity index (χ1v) is 6.92. The summed E-state index contributed by atoms with van der Waals surface area (Å²) in [6.07, 6.45) is 2.83. The van der Waals surface area contributed by atoms with Crippen molar-refractivity contribution in [1.82, 2.24) is 4.98 Å². The Morgan fingerprint density at radius 3 is 2.86 bits per heavy atom. The van der Waals surface area contributed by atoms with Gasteiger partial charge in [-0.3, -0.25) is 5.41 Å². The van der Waals surface area contributed by atoms with Gasteiger partial charge in [-0.25, -0.2) is 9.37 Å². The first-order chi connectivity index (χ1) is 10.0. The van der Waals surface area contributed by atoms with Crippen LogP contribution in [0.5, 0.6) is 11.6 Å². The van der Waals surface area contributed by atoms with Crippen LogP contribution >= 0.6 is 11.6 Å². The summed E-state index contributed by atoms with van der Waals surface area (Å²) in [6, 6.07) is 5.68. The second-order valence-electron chi connectivity index (χ2n) is 4.89. The molecule has 2 aromatic rings. The van der Waals surface area contributed by atoms with Gasteiger partial charge in [0.05, 0.1) is 10.6 Å². The number of ether oxygens (including phenoxy) is 1. The topological polar surface area (TPSA) is 72.0 Å². The van der Waals surface area contributed by atoms with E-state index in [4.69, 9.17) is 27.5 Å². The van der Waals surface area contributed by atoms with E-state index in [0.717, 1.165) is 36.6 Å². The van der Waals surface area contributed by atoms with Gasteiger partial charge in [0.1, 0.15) is 17.4 Å². The second-order valence-corrected chi connectivity index (χ2v) is 5.30. The average molecular weight is 306 g/mol. The molecule has 21 heavy (non-hydrogen) atoms. The highest BCUT2D eigenvalue weighted by atomic mass is 35.5. The number of benzene rings is 1. The van der Waals surface area contributed by atoms with Gasteiger partial charge in [0.15, 0.2) is 0 Å². The van der Waals surface area contributed by atoms with Gasteiger partial charge in [-0.2, -0.15) is 0 Å². The molecule has 1 aromatic heterocycles. The van der Waals surface area contributed by atoms with E-state index < -0.39 is 5.82 Å². The van der Waals surface area contributed by atoms with Crippen molar-refractivity contribution in [2.45, 2.75) is 19.3 Å². The zero-order chi connectivity index (χ0) is 15.0. The van der Waals surface area contributed by atoms with Crippen LogP contribution in [0.15, 0.2) is 24.3 Å². The summed E-state index contributed by atoms with van der Waals surface area (Å²) in [7, 11) is 0. The van der Waals surface area contributed by atoms with Gasteiger partial charge in [0.25, 0.3) is 0 Å². The molecule has 1 aliphatic rings. The highest BCUT2D eigenvalue weighted by Gasteiger charge is 2.19. The Balaban J connectivity index is 2.03. The minimum Gasteiger partial charge on any atom is -0.437 e. The van der Waals surface area contributed by atoms with Crippen molar-refractivity contribution in [1.29, 1.82) is 5.41 Å². The molecule has 1 aliphatic carbocycles. The minimum absolute atomic E-state index is 0.120. The number of aryl methyl sites for hydroxylation is 2. The Morgan fingerprint density at radius 1 is 1.33 bits per heavy atom. The number of nitrogens with one attached hydrogen (secondary N) is 1. The number of nitrogens with two attached hydrogens (primary N) is 1. The number of halogens is 2. The molecule has 0 saturated carbocycles. The maximum atomic E-state index is 13.1. The smallest absolute Gasteiger partial charge is 0.230 e. The minimum atomic E-state index is -0.443. The number of aromatic nitrogens is 1. The van der Waals surface area contributed by atoms with E-state index in [1.54, 1.807) is 0 Å². The van der Waals surface area contributed by atoms with E-state index in [2.05, 4.69) is 4.98 Å². The molecule has 0 bridgehead atoms. The lowest BCUT2D eigenvalue weighted by atomic mass is 10.1. The lowest BCUT2D eigenvalue weighted by Crippen LogP contribution is -2.14. The Hall–Kier alpha value is -2.14. The summed E-state index contributed by atoms with van der Waals surface area (Å²) in [4.78, 5) is 4.44. The standard InChI is InChI=1S/C15H13ClFN3O/c16-11-7-9(17)4-5-13(11)21-15-10(14(18)19)6-8-2-1-3-12(8)20-15/h4-7H,1-3H2,(H3,18,19). The summed E-state index contributed by atoms with van der Waals surface area (Å²) in [5.41, 5.74) is 8.07. The molecular weight excluding hydrogens is 293 g/mol. The van der Waals surface area contributed by atoms with Gasteiger partial charge >= 0.3 is 0 Å². The van der Waals surface area contributed by atoms with Crippen LogP contribution in [0.2, 0.25) is 5.02 Å². The number of rotatable bonds is 3. The van der Waals surface area contributed by atoms with Gasteiger partial charge in [0, 0.05) is 5.69 Å². The molecule has 3 N–H and O–H groups in total. The van der Waals surface area contributed by atoms with Gasteiger partial charge < -0.3 is 10.5 Å². The normalized spacial score (nSPS) is 13.0. The van der Waals surface area contributed by atoms with E-state index in [-0.39, 0.29) is 22.5 Å². The Labute approximate surface area is 126 Å². The molecule has 108 valence electrons. The zero-order valence-electron chi connectivity index (χ0n) is 11.1. The number of hydrogen-bond acceptors (Lipinski definition) is 3. The van der Waals surface area contributed by atoms with E-state index >= 15 is 0 Å². The molecule has 1 aromatic carbocycles. The SMILES string of the molecule is N=C(N)c1cc2c(nc1Oc1ccc(F)cc1Cl)CCC2. The lowest BCUT2D eigenvalue weighted by Gasteiger charge is -2.12. The van der Waals surface area contributed by atoms with Crippen molar-refractivity contribution in [3.63, 3.8) is 0 Å². The number of pyridine rings is 1. The summed E-state index contributed by atoms with van der Waals surface area (Å²) >= 11 is 5.95. The van der Waals surface area contributed by atoms with Gasteiger partial charge in [-0.15, -0.1) is 0 Å². The number of amidine groups is 1. The number of hydrogen-bond donors (Lipinski definition) is 2. The third kappa shape index (κ3) is 2.69. The molecule has 0 aliphatic heterocycles. The van der Waals surface area contributed by atoms with Crippen LogP contribution in [0.4, 0.5) is 4.39 Å². The second kappa shape index (κ2) is 5.33. The molecule has 0 spiro atoms. The third-order valence-electron chi connectivity index (χ3n) is 3.41. The Kier molecular flexibility index (Phi) is 3.51. The Morgan fingerprint density at radius 2 is 2.14 bits per heavy atom.